The molecule has 1 aromatic rings. The van der Waals surface area contributed by atoms with Crippen molar-refractivity contribution in [3.8, 4) is 0 Å². The number of carbonyl (C=O) groups is 3. The standard InChI is InChI=1S/C16H16ClFN2O4/c1-16(9-5-6-9)14(22)20(15(23)19-16)7-13(21)24-8-10-11(17)3-2-4-12(10)18/h2-4,9H,5-8H2,1H3,(H,19,23)/t16-/m0/s1. The third-order valence-electron chi connectivity index (χ3n) is 4.42. The number of rotatable bonds is 5. The lowest BCUT2D eigenvalue weighted by Gasteiger charge is -2.20. The number of esters is 1. The van der Waals surface area contributed by atoms with E-state index < -0.39 is 35.8 Å². The van der Waals surface area contributed by atoms with E-state index in [1.807, 2.05) is 0 Å². The molecule has 1 atom stereocenters. The Bertz CT molecular complexity index is 702. The van der Waals surface area contributed by atoms with Crippen LogP contribution in [0, 0.1) is 11.7 Å². The zero-order valence-electron chi connectivity index (χ0n) is 13.0. The lowest BCUT2D eigenvalue weighted by molar-refractivity contribution is -0.149. The SMILES string of the molecule is C[C@@]1(C2CC2)NC(=O)N(CC(=O)OCc2c(F)cccc2Cl)C1=O. The summed E-state index contributed by atoms with van der Waals surface area (Å²) >= 11 is 5.85. The van der Waals surface area contributed by atoms with Gasteiger partial charge in [-0.1, -0.05) is 17.7 Å². The van der Waals surface area contributed by atoms with Crippen LogP contribution in [0.5, 0.6) is 0 Å². The topological polar surface area (TPSA) is 75.7 Å². The number of hydrogen-bond acceptors (Lipinski definition) is 4. The van der Waals surface area contributed by atoms with Crippen LogP contribution in [0.1, 0.15) is 25.3 Å². The maximum absolute atomic E-state index is 13.6. The molecule has 1 heterocycles. The second kappa shape index (κ2) is 6.05. The molecule has 1 aromatic carbocycles. The summed E-state index contributed by atoms with van der Waals surface area (Å²) in [6.07, 6.45) is 1.74. The van der Waals surface area contributed by atoms with E-state index in [9.17, 15) is 18.8 Å². The second-order valence-electron chi connectivity index (χ2n) is 6.16. The molecule has 1 saturated carbocycles. The molecule has 0 unspecified atom stereocenters. The van der Waals surface area contributed by atoms with Crippen molar-refractivity contribution < 1.29 is 23.5 Å². The number of nitrogens with zero attached hydrogens (tertiary/aromatic N) is 1. The van der Waals surface area contributed by atoms with Crippen LogP contribution >= 0.6 is 11.6 Å². The van der Waals surface area contributed by atoms with Crippen LogP contribution in [0.4, 0.5) is 9.18 Å². The van der Waals surface area contributed by atoms with E-state index in [0.29, 0.717) is 0 Å². The molecule has 1 aliphatic heterocycles. The molecular weight excluding hydrogens is 339 g/mol. The van der Waals surface area contributed by atoms with Crippen LogP contribution < -0.4 is 5.32 Å². The minimum atomic E-state index is -0.952. The fourth-order valence-electron chi connectivity index (χ4n) is 2.79. The highest BCUT2D eigenvalue weighted by Crippen LogP contribution is 2.42. The van der Waals surface area contributed by atoms with Gasteiger partial charge < -0.3 is 10.1 Å². The molecule has 0 spiro atoms. The van der Waals surface area contributed by atoms with Crippen LogP contribution in [0.3, 0.4) is 0 Å². The van der Waals surface area contributed by atoms with Crippen molar-refractivity contribution in [2.24, 2.45) is 5.92 Å². The first-order valence-corrected chi connectivity index (χ1v) is 7.93. The zero-order chi connectivity index (χ0) is 17.5. The number of amides is 3. The molecule has 128 valence electrons. The van der Waals surface area contributed by atoms with Crippen LogP contribution in [-0.4, -0.2) is 34.9 Å². The smallest absolute Gasteiger partial charge is 0.326 e. The molecule has 24 heavy (non-hydrogen) atoms. The minimum Gasteiger partial charge on any atom is -0.459 e. The van der Waals surface area contributed by atoms with Crippen molar-refractivity contribution in [1.82, 2.24) is 10.2 Å². The number of hydrogen-bond donors (Lipinski definition) is 1. The lowest BCUT2D eigenvalue weighted by Crippen LogP contribution is -2.46. The summed E-state index contributed by atoms with van der Waals surface area (Å²) in [5.74, 6) is -1.73. The van der Waals surface area contributed by atoms with Crippen molar-refractivity contribution in [3.63, 3.8) is 0 Å². The Kier molecular flexibility index (Phi) is 4.21. The Morgan fingerprint density at radius 3 is 2.79 bits per heavy atom. The summed E-state index contributed by atoms with van der Waals surface area (Å²) in [5, 5.41) is 2.78. The maximum Gasteiger partial charge on any atom is 0.326 e. The third kappa shape index (κ3) is 2.96. The molecule has 0 radical (unpaired) electrons. The Labute approximate surface area is 142 Å². The van der Waals surface area contributed by atoms with Gasteiger partial charge in [-0.2, -0.15) is 0 Å². The molecule has 3 amide bonds. The van der Waals surface area contributed by atoms with E-state index in [2.05, 4.69) is 5.32 Å². The number of ether oxygens (including phenoxy) is 1. The lowest BCUT2D eigenvalue weighted by atomic mass is 9.96. The minimum absolute atomic E-state index is 0.0486. The first-order valence-electron chi connectivity index (χ1n) is 7.55. The summed E-state index contributed by atoms with van der Waals surface area (Å²) in [5.41, 5.74) is -0.904. The monoisotopic (exact) mass is 354 g/mol. The van der Waals surface area contributed by atoms with Crippen LogP contribution in [0.15, 0.2) is 18.2 Å². The van der Waals surface area contributed by atoms with Gasteiger partial charge in [-0.25, -0.2) is 9.18 Å². The highest BCUT2D eigenvalue weighted by atomic mass is 35.5. The van der Waals surface area contributed by atoms with Gasteiger partial charge in [-0.15, -0.1) is 0 Å². The van der Waals surface area contributed by atoms with Crippen LogP contribution in [0.25, 0.3) is 0 Å². The van der Waals surface area contributed by atoms with Crippen molar-refractivity contribution in [1.29, 1.82) is 0 Å². The predicted molar refractivity (Wildman–Crippen MR) is 82.6 cm³/mol. The summed E-state index contributed by atoms with van der Waals surface area (Å²) < 4.78 is 18.6. The molecule has 8 heteroatoms. The zero-order valence-corrected chi connectivity index (χ0v) is 13.7. The average molecular weight is 355 g/mol. The van der Waals surface area contributed by atoms with Gasteiger partial charge in [0, 0.05) is 5.56 Å². The predicted octanol–water partition coefficient (Wildman–Crippen LogP) is 2.24. The van der Waals surface area contributed by atoms with E-state index in [0.717, 1.165) is 17.7 Å². The van der Waals surface area contributed by atoms with E-state index in [1.54, 1.807) is 6.92 Å². The maximum atomic E-state index is 13.6. The Morgan fingerprint density at radius 2 is 2.17 bits per heavy atom. The van der Waals surface area contributed by atoms with Crippen molar-refractivity contribution in [3.05, 3.63) is 34.6 Å². The van der Waals surface area contributed by atoms with Gasteiger partial charge in [-0.3, -0.25) is 14.5 Å². The highest BCUT2D eigenvalue weighted by Gasteiger charge is 2.56. The average Bonchev–Trinajstić information content (AvgIpc) is 3.33. The number of nitrogens with one attached hydrogen (secondary N) is 1. The molecule has 1 saturated heterocycles. The van der Waals surface area contributed by atoms with Gasteiger partial charge in [-0.05, 0) is 37.8 Å². The first-order chi connectivity index (χ1) is 11.3. The Morgan fingerprint density at radius 1 is 1.46 bits per heavy atom. The quantitative estimate of drug-likeness (QED) is 0.650. The molecule has 1 N–H and O–H groups in total. The summed E-state index contributed by atoms with van der Waals surface area (Å²) in [7, 11) is 0. The molecule has 2 fully saturated rings. The highest BCUT2D eigenvalue weighted by molar-refractivity contribution is 6.31. The normalized spacial score (nSPS) is 23.4. The second-order valence-corrected chi connectivity index (χ2v) is 6.57. The molecule has 0 aromatic heterocycles. The summed E-state index contributed by atoms with van der Waals surface area (Å²) in [4.78, 5) is 37.1. The van der Waals surface area contributed by atoms with Gasteiger partial charge in [0.15, 0.2) is 0 Å². The van der Waals surface area contributed by atoms with Gasteiger partial charge in [0.1, 0.15) is 24.5 Å². The summed E-state index contributed by atoms with van der Waals surface area (Å²) in [6.45, 7) is 0.780. The first kappa shape index (κ1) is 16.7. The van der Waals surface area contributed by atoms with E-state index in [-0.39, 0.29) is 23.1 Å². The van der Waals surface area contributed by atoms with Gasteiger partial charge in [0.25, 0.3) is 5.91 Å². The van der Waals surface area contributed by atoms with E-state index in [1.165, 1.54) is 18.2 Å². The summed E-state index contributed by atoms with van der Waals surface area (Å²) in [6, 6.07) is 3.50. The van der Waals surface area contributed by atoms with Gasteiger partial charge in [0.05, 0.1) is 5.02 Å². The number of imide groups is 1. The molecule has 2 aliphatic rings. The molecular formula is C16H16ClFN2O4. The van der Waals surface area contributed by atoms with E-state index >= 15 is 0 Å². The number of halogens is 2. The molecule has 0 bridgehead atoms. The van der Waals surface area contributed by atoms with Crippen LogP contribution in [0.2, 0.25) is 5.02 Å². The molecule has 3 rings (SSSR count). The molecule has 6 nitrogen and oxygen atoms in total. The number of benzene rings is 1. The number of carbonyl (C=O) groups excluding carboxylic acids is 3. The van der Waals surface area contributed by atoms with Crippen molar-refractivity contribution in [2.45, 2.75) is 31.9 Å². The fraction of sp³-hybridized carbons (Fsp3) is 0.438. The number of urea groups is 1. The Hall–Kier alpha value is -2.15. The van der Waals surface area contributed by atoms with Gasteiger partial charge in [0.2, 0.25) is 0 Å². The third-order valence-corrected chi connectivity index (χ3v) is 4.78. The van der Waals surface area contributed by atoms with Crippen molar-refractivity contribution >= 4 is 29.5 Å². The molecule has 1 aliphatic carbocycles. The van der Waals surface area contributed by atoms with Crippen molar-refractivity contribution in [2.75, 3.05) is 6.54 Å². The fourth-order valence-corrected chi connectivity index (χ4v) is 3.01. The Balaban J connectivity index is 1.61. The van der Waals surface area contributed by atoms with Gasteiger partial charge >= 0.3 is 12.0 Å². The van der Waals surface area contributed by atoms with E-state index in [4.69, 9.17) is 16.3 Å². The largest absolute Gasteiger partial charge is 0.459 e. The van der Waals surface area contributed by atoms with Crippen LogP contribution in [-0.2, 0) is 20.9 Å².